The van der Waals surface area contributed by atoms with E-state index in [2.05, 4.69) is 21.9 Å². The molecule has 0 unspecified atom stereocenters. The topological polar surface area (TPSA) is 58.2 Å². The summed E-state index contributed by atoms with van der Waals surface area (Å²) in [5.74, 6) is -0.333. The van der Waals surface area contributed by atoms with Crippen LogP contribution in [0, 0.1) is 0 Å². The second-order valence-corrected chi connectivity index (χ2v) is 5.73. The molecule has 0 spiro atoms. The van der Waals surface area contributed by atoms with Crippen LogP contribution in [0.25, 0.3) is 0 Å². The average molecular weight is 269 g/mol. The number of nitrogens with one attached hydrogen (secondary N) is 1. The van der Waals surface area contributed by atoms with Gasteiger partial charge in [-0.15, -0.1) is 0 Å². The molecule has 1 aliphatic heterocycles. The molecule has 1 saturated heterocycles. The number of esters is 1. The molecule has 1 aromatic rings. The zero-order valence-electron chi connectivity index (χ0n) is 10.8. The Morgan fingerprint density at radius 1 is 1.61 bits per heavy atom. The number of H-pyrrole nitrogens is 1. The first-order chi connectivity index (χ1) is 8.69. The lowest BCUT2D eigenvalue weighted by atomic mass is 10.1. The molecule has 6 heteroatoms. The molecule has 1 N–H and O–H groups in total. The SMILES string of the molecule is CCOC(=O)c1cnc(SC2CCN(C)CC2)[nH]1. The lowest BCUT2D eigenvalue weighted by Gasteiger charge is -2.27. The van der Waals surface area contributed by atoms with Gasteiger partial charge in [-0.3, -0.25) is 0 Å². The van der Waals surface area contributed by atoms with Gasteiger partial charge in [0.05, 0.1) is 12.8 Å². The summed E-state index contributed by atoms with van der Waals surface area (Å²) in [7, 11) is 2.15. The van der Waals surface area contributed by atoms with E-state index in [0.717, 1.165) is 31.1 Å². The Labute approximate surface area is 111 Å². The molecule has 1 fully saturated rings. The number of aromatic amines is 1. The Morgan fingerprint density at radius 2 is 2.33 bits per heavy atom. The van der Waals surface area contributed by atoms with E-state index in [0.29, 0.717) is 17.6 Å². The quantitative estimate of drug-likeness (QED) is 0.844. The van der Waals surface area contributed by atoms with Crippen LogP contribution >= 0.6 is 11.8 Å². The van der Waals surface area contributed by atoms with E-state index in [4.69, 9.17) is 4.74 Å². The fraction of sp³-hybridized carbons (Fsp3) is 0.667. The number of hydrogen-bond donors (Lipinski definition) is 1. The van der Waals surface area contributed by atoms with E-state index in [1.165, 1.54) is 0 Å². The van der Waals surface area contributed by atoms with Gasteiger partial charge < -0.3 is 14.6 Å². The number of thioether (sulfide) groups is 1. The van der Waals surface area contributed by atoms with Crippen LogP contribution in [0.15, 0.2) is 11.4 Å². The Bertz CT molecular complexity index is 400. The van der Waals surface area contributed by atoms with E-state index < -0.39 is 0 Å². The van der Waals surface area contributed by atoms with Crippen molar-refractivity contribution in [2.75, 3.05) is 26.7 Å². The summed E-state index contributed by atoms with van der Waals surface area (Å²) in [5.41, 5.74) is 0.437. The van der Waals surface area contributed by atoms with Crippen molar-refractivity contribution in [2.45, 2.75) is 30.2 Å². The highest BCUT2D eigenvalue weighted by Crippen LogP contribution is 2.27. The summed E-state index contributed by atoms with van der Waals surface area (Å²) in [6.45, 7) is 4.43. The highest BCUT2D eigenvalue weighted by molar-refractivity contribution is 7.99. The highest BCUT2D eigenvalue weighted by atomic mass is 32.2. The molecule has 2 heterocycles. The first-order valence-corrected chi connectivity index (χ1v) is 7.14. The molecule has 1 aromatic heterocycles. The monoisotopic (exact) mass is 269 g/mol. The van der Waals surface area contributed by atoms with Crippen molar-refractivity contribution in [3.05, 3.63) is 11.9 Å². The van der Waals surface area contributed by atoms with Crippen molar-refractivity contribution in [3.8, 4) is 0 Å². The summed E-state index contributed by atoms with van der Waals surface area (Å²) in [4.78, 5) is 21.1. The third-order valence-electron chi connectivity index (χ3n) is 2.99. The maximum atomic E-state index is 11.5. The van der Waals surface area contributed by atoms with Gasteiger partial charge in [-0.1, -0.05) is 11.8 Å². The smallest absolute Gasteiger partial charge is 0.356 e. The van der Waals surface area contributed by atoms with Crippen LogP contribution in [0.1, 0.15) is 30.3 Å². The molecule has 100 valence electrons. The van der Waals surface area contributed by atoms with Gasteiger partial charge in [0.1, 0.15) is 5.69 Å². The molecular weight excluding hydrogens is 250 g/mol. The minimum Gasteiger partial charge on any atom is -0.461 e. The molecule has 2 rings (SSSR count). The Kier molecular flexibility index (Phi) is 4.66. The van der Waals surface area contributed by atoms with Crippen LogP contribution in [0.3, 0.4) is 0 Å². The van der Waals surface area contributed by atoms with Gasteiger partial charge in [-0.05, 0) is 39.9 Å². The number of imidazole rings is 1. The number of hydrogen-bond acceptors (Lipinski definition) is 5. The summed E-state index contributed by atoms with van der Waals surface area (Å²) in [6, 6.07) is 0. The predicted octanol–water partition coefficient (Wildman–Crippen LogP) is 1.77. The predicted molar refractivity (Wildman–Crippen MR) is 70.9 cm³/mol. The number of likely N-dealkylation sites (tertiary alicyclic amines) is 1. The fourth-order valence-electron chi connectivity index (χ4n) is 1.94. The van der Waals surface area contributed by atoms with Crippen LogP contribution in [0.2, 0.25) is 0 Å². The van der Waals surface area contributed by atoms with E-state index in [-0.39, 0.29) is 5.97 Å². The van der Waals surface area contributed by atoms with Crippen LogP contribution in [-0.2, 0) is 4.74 Å². The number of nitrogens with zero attached hydrogens (tertiary/aromatic N) is 2. The molecule has 5 nitrogen and oxygen atoms in total. The van der Waals surface area contributed by atoms with Gasteiger partial charge >= 0.3 is 5.97 Å². The largest absolute Gasteiger partial charge is 0.461 e. The molecule has 0 saturated carbocycles. The van der Waals surface area contributed by atoms with Crippen molar-refractivity contribution in [3.63, 3.8) is 0 Å². The second kappa shape index (κ2) is 6.24. The van der Waals surface area contributed by atoms with Crippen molar-refractivity contribution >= 4 is 17.7 Å². The number of ether oxygens (including phenoxy) is 1. The van der Waals surface area contributed by atoms with Gasteiger partial charge in [0.25, 0.3) is 0 Å². The average Bonchev–Trinajstić information content (AvgIpc) is 2.81. The van der Waals surface area contributed by atoms with E-state index in [1.54, 1.807) is 24.9 Å². The van der Waals surface area contributed by atoms with Gasteiger partial charge in [0.15, 0.2) is 5.16 Å². The maximum Gasteiger partial charge on any atom is 0.356 e. The summed E-state index contributed by atoms with van der Waals surface area (Å²) < 4.78 is 4.92. The van der Waals surface area contributed by atoms with Gasteiger partial charge in [-0.2, -0.15) is 0 Å². The lowest BCUT2D eigenvalue weighted by Crippen LogP contribution is -2.31. The number of rotatable bonds is 4. The van der Waals surface area contributed by atoms with Crippen molar-refractivity contribution < 1.29 is 9.53 Å². The lowest BCUT2D eigenvalue weighted by molar-refractivity contribution is 0.0519. The zero-order valence-corrected chi connectivity index (χ0v) is 11.6. The third kappa shape index (κ3) is 3.49. The normalized spacial score (nSPS) is 17.9. The van der Waals surface area contributed by atoms with Crippen LogP contribution < -0.4 is 0 Å². The molecule has 0 radical (unpaired) electrons. The van der Waals surface area contributed by atoms with Crippen LogP contribution in [0.5, 0.6) is 0 Å². The summed E-state index contributed by atoms with van der Waals surface area (Å²) in [6.07, 6.45) is 3.88. The minimum atomic E-state index is -0.333. The van der Waals surface area contributed by atoms with Gasteiger partial charge in [0.2, 0.25) is 0 Å². The first kappa shape index (κ1) is 13.4. The van der Waals surface area contributed by atoms with Crippen LogP contribution in [0.4, 0.5) is 0 Å². The molecule has 0 atom stereocenters. The number of carbonyl (C=O) groups excluding carboxylic acids is 1. The van der Waals surface area contributed by atoms with E-state index >= 15 is 0 Å². The Balaban J connectivity index is 1.88. The Hall–Kier alpha value is -1.01. The van der Waals surface area contributed by atoms with E-state index in [1.807, 2.05) is 0 Å². The second-order valence-electron chi connectivity index (χ2n) is 4.44. The highest BCUT2D eigenvalue weighted by Gasteiger charge is 2.19. The fourth-order valence-corrected chi connectivity index (χ4v) is 2.98. The molecule has 0 aliphatic carbocycles. The Morgan fingerprint density at radius 3 is 3.00 bits per heavy atom. The van der Waals surface area contributed by atoms with Gasteiger partial charge in [0, 0.05) is 5.25 Å². The number of aromatic nitrogens is 2. The third-order valence-corrected chi connectivity index (χ3v) is 4.23. The summed E-state index contributed by atoms with van der Waals surface area (Å²) in [5, 5.41) is 1.40. The van der Waals surface area contributed by atoms with Crippen molar-refractivity contribution in [1.82, 2.24) is 14.9 Å². The minimum absolute atomic E-state index is 0.333. The first-order valence-electron chi connectivity index (χ1n) is 6.26. The maximum absolute atomic E-state index is 11.5. The van der Waals surface area contributed by atoms with Gasteiger partial charge in [-0.25, -0.2) is 9.78 Å². The zero-order chi connectivity index (χ0) is 13.0. The van der Waals surface area contributed by atoms with E-state index in [9.17, 15) is 4.79 Å². The van der Waals surface area contributed by atoms with Crippen LogP contribution in [-0.4, -0.2) is 52.8 Å². The molecular formula is C12H19N3O2S. The molecule has 18 heavy (non-hydrogen) atoms. The number of piperidine rings is 1. The molecule has 1 aliphatic rings. The molecule has 0 bridgehead atoms. The summed E-state index contributed by atoms with van der Waals surface area (Å²) >= 11 is 1.72. The molecule has 0 amide bonds. The molecule has 0 aromatic carbocycles. The van der Waals surface area contributed by atoms with Crippen molar-refractivity contribution in [1.29, 1.82) is 0 Å². The number of carbonyl (C=O) groups is 1. The standard InChI is InChI=1S/C12H19N3O2S/c1-3-17-11(16)10-8-13-12(14-10)18-9-4-6-15(2)7-5-9/h8-9H,3-7H2,1-2H3,(H,13,14). The van der Waals surface area contributed by atoms with Crippen molar-refractivity contribution in [2.24, 2.45) is 0 Å².